The van der Waals surface area contributed by atoms with E-state index in [1.165, 1.54) is 5.56 Å². The van der Waals surface area contributed by atoms with Crippen LogP contribution in [0.5, 0.6) is 5.75 Å². The van der Waals surface area contributed by atoms with Gasteiger partial charge in [-0.05, 0) is 50.3 Å². The summed E-state index contributed by atoms with van der Waals surface area (Å²) in [5.41, 5.74) is 8.32. The van der Waals surface area contributed by atoms with Crippen LogP contribution < -0.4 is 21.2 Å². The molecule has 162 valence electrons. The van der Waals surface area contributed by atoms with Crippen molar-refractivity contribution in [1.82, 2.24) is 9.55 Å². The second kappa shape index (κ2) is 7.55. The van der Waals surface area contributed by atoms with E-state index in [-0.39, 0.29) is 27.7 Å². The average Bonchev–Trinajstić information content (AvgIpc) is 3.25. The summed E-state index contributed by atoms with van der Waals surface area (Å²) < 4.78 is 23.7. The Hall–Kier alpha value is -3.09. The Morgan fingerprint density at radius 3 is 2.77 bits per heavy atom. The van der Waals surface area contributed by atoms with Gasteiger partial charge in [0.05, 0.1) is 22.1 Å². The van der Waals surface area contributed by atoms with Crippen molar-refractivity contribution in [2.75, 3.05) is 24.2 Å². The van der Waals surface area contributed by atoms with E-state index in [1.54, 1.807) is 19.3 Å². The first-order chi connectivity index (χ1) is 15.0. The largest absolute Gasteiger partial charge is 0.487 e. The molecule has 31 heavy (non-hydrogen) atoms. The van der Waals surface area contributed by atoms with Gasteiger partial charge < -0.3 is 20.4 Å². The van der Waals surface area contributed by atoms with Crippen molar-refractivity contribution in [2.24, 2.45) is 0 Å². The molecule has 7 heteroatoms. The second-order valence-corrected chi connectivity index (χ2v) is 8.77. The Kier molecular flexibility index (Phi) is 4.84. The summed E-state index contributed by atoms with van der Waals surface area (Å²) in [5, 5.41) is 3.44. The molecule has 1 spiro atoms. The van der Waals surface area contributed by atoms with E-state index in [2.05, 4.69) is 14.9 Å². The van der Waals surface area contributed by atoms with E-state index < -0.39 is 5.82 Å². The minimum atomic E-state index is -0.608. The third-order valence-electron chi connectivity index (χ3n) is 6.78. The number of ether oxygens (including phenoxy) is 1. The zero-order valence-corrected chi connectivity index (χ0v) is 17.7. The summed E-state index contributed by atoms with van der Waals surface area (Å²) in [7, 11) is 0. The van der Waals surface area contributed by atoms with Gasteiger partial charge in [-0.1, -0.05) is 12.8 Å². The smallest absolute Gasteiger partial charge is 0.194 e. The molecule has 1 aromatic carbocycles. The van der Waals surface area contributed by atoms with Gasteiger partial charge in [0.2, 0.25) is 0 Å². The fourth-order valence-electron chi connectivity index (χ4n) is 5.10. The molecule has 1 aliphatic carbocycles. The summed E-state index contributed by atoms with van der Waals surface area (Å²) in [6, 6.07) is 3.95. The minimum Gasteiger partial charge on any atom is -0.487 e. The number of benzene rings is 1. The maximum Gasteiger partial charge on any atom is 0.194 e. The fourth-order valence-corrected chi connectivity index (χ4v) is 5.10. The molecular formula is C24H27FN4O2. The van der Waals surface area contributed by atoms with Crippen molar-refractivity contribution in [3.63, 3.8) is 0 Å². The van der Waals surface area contributed by atoms with Crippen molar-refractivity contribution >= 4 is 22.3 Å². The van der Waals surface area contributed by atoms with E-state index in [4.69, 9.17) is 10.5 Å². The molecule has 1 fully saturated rings. The Balaban J connectivity index is 1.56. The highest BCUT2D eigenvalue weighted by Gasteiger charge is 2.42. The first kappa shape index (κ1) is 19.8. The number of hydrogen-bond donors (Lipinski definition) is 2. The van der Waals surface area contributed by atoms with Gasteiger partial charge in [0.15, 0.2) is 17.0 Å². The van der Waals surface area contributed by atoms with Crippen molar-refractivity contribution in [3.8, 4) is 5.75 Å². The molecule has 5 rings (SSSR count). The van der Waals surface area contributed by atoms with Gasteiger partial charge in [-0.25, -0.2) is 4.39 Å². The van der Waals surface area contributed by atoms with Crippen LogP contribution in [0.25, 0.3) is 10.9 Å². The molecule has 3 aromatic rings. The molecule has 2 aromatic heterocycles. The lowest BCUT2D eigenvalue weighted by Crippen LogP contribution is -2.41. The van der Waals surface area contributed by atoms with E-state index >= 15 is 4.39 Å². The molecule has 0 bridgehead atoms. The van der Waals surface area contributed by atoms with Crippen LogP contribution in [0.3, 0.4) is 0 Å². The van der Waals surface area contributed by atoms with Crippen molar-refractivity contribution in [3.05, 3.63) is 57.9 Å². The third kappa shape index (κ3) is 3.14. The molecule has 1 aliphatic heterocycles. The van der Waals surface area contributed by atoms with Crippen LogP contribution in [0.4, 0.5) is 15.8 Å². The number of halogens is 1. The third-order valence-corrected chi connectivity index (χ3v) is 6.78. The molecule has 1 saturated carbocycles. The van der Waals surface area contributed by atoms with Gasteiger partial charge in [-0.15, -0.1) is 0 Å². The lowest BCUT2D eigenvalue weighted by molar-refractivity contribution is 0.143. The number of hydrogen-bond acceptors (Lipinski definition) is 5. The van der Waals surface area contributed by atoms with Crippen LogP contribution in [0, 0.1) is 12.7 Å². The zero-order chi connectivity index (χ0) is 21.6. The maximum absolute atomic E-state index is 15.3. The first-order valence-electron chi connectivity index (χ1n) is 10.9. The van der Waals surface area contributed by atoms with E-state index in [9.17, 15) is 4.79 Å². The van der Waals surface area contributed by atoms with Crippen LogP contribution in [-0.4, -0.2) is 22.7 Å². The Morgan fingerprint density at radius 1 is 1.29 bits per heavy atom. The predicted octanol–water partition coefficient (Wildman–Crippen LogP) is 4.13. The van der Waals surface area contributed by atoms with Crippen molar-refractivity contribution in [1.29, 1.82) is 0 Å². The number of pyridine rings is 2. The topological polar surface area (TPSA) is 82.2 Å². The van der Waals surface area contributed by atoms with E-state index in [0.717, 1.165) is 38.5 Å². The highest BCUT2D eigenvalue weighted by atomic mass is 19.1. The average molecular weight is 423 g/mol. The SMILES string of the molecule is Cc1cn2c3c(c(NCCCc4ccncc4)c(F)c(N)c3c1=O)OCC21CCCC1. The molecule has 0 amide bonds. The van der Waals surface area contributed by atoms with Crippen LogP contribution in [0.2, 0.25) is 0 Å². The quantitative estimate of drug-likeness (QED) is 0.477. The van der Waals surface area contributed by atoms with Gasteiger partial charge in [0.25, 0.3) is 0 Å². The number of nitrogens with two attached hydrogens (primary N) is 1. The van der Waals surface area contributed by atoms with Gasteiger partial charge >= 0.3 is 0 Å². The highest BCUT2D eigenvalue weighted by molar-refractivity contribution is 6.00. The van der Waals surface area contributed by atoms with Gasteiger partial charge in [-0.2, -0.15) is 0 Å². The number of rotatable bonds is 5. The van der Waals surface area contributed by atoms with Crippen LogP contribution in [-0.2, 0) is 12.0 Å². The van der Waals surface area contributed by atoms with Crippen molar-refractivity contribution in [2.45, 2.75) is 51.0 Å². The first-order valence-corrected chi connectivity index (χ1v) is 10.9. The number of aromatic nitrogens is 2. The molecule has 3 heterocycles. The number of nitrogens with zero attached hydrogens (tertiary/aromatic N) is 2. The van der Waals surface area contributed by atoms with Crippen LogP contribution in [0.1, 0.15) is 43.2 Å². The molecule has 0 radical (unpaired) electrons. The van der Waals surface area contributed by atoms with E-state index in [0.29, 0.717) is 30.0 Å². The highest BCUT2D eigenvalue weighted by Crippen LogP contribution is 2.48. The Bertz CT molecular complexity index is 1200. The summed E-state index contributed by atoms with van der Waals surface area (Å²) >= 11 is 0. The molecule has 0 atom stereocenters. The van der Waals surface area contributed by atoms with Crippen LogP contribution >= 0.6 is 0 Å². The molecule has 0 unspecified atom stereocenters. The maximum atomic E-state index is 15.3. The summed E-state index contributed by atoms with van der Waals surface area (Å²) in [6.07, 6.45) is 11.3. The second-order valence-electron chi connectivity index (χ2n) is 8.77. The van der Waals surface area contributed by atoms with Gasteiger partial charge in [0.1, 0.15) is 12.3 Å². The fraction of sp³-hybridized carbons (Fsp3) is 0.417. The summed E-state index contributed by atoms with van der Waals surface area (Å²) in [6.45, 7) is 2.81. The predicted molar refractivity (Wildman–Crippen MR) is 120 cm³/mol. The number of anilines is 2. The van der Waals surface area contributed by atoms with Crippen molar-refractivity contribution < 1.29 is 9.13 Å². The molecule has 0 saturated heterocycles. The summed E-state index contributed by atoms with van der Waals surface area (Å²) in [5.74, 6) is -0.205. The van der Waals surface area contributed by atoms with Gasteiger partial charge in [0, 0.05) is 30.7 Å². The van der Waals surface area contributed by atoms with E-state index in [1.807, 2.05) is 18.3 Å². The molecule has 6 nitrogen and oxygen atoms in total. The van der Waals surface area contributed by atoms with Crippen LogP contribution in [0.15, 0.2) is 35.5 Å². The lowest BCUT2D eigenvalue weighted by Gasteiger charge is -2.39. The summed E-state index contributed by atoms with van der Waals surface area (Å²) in [4.78, 5) is 17.0. The Labute approximate surface area is 180 Å². The molecular weight excluding hydrogens is 395 g/mol. The normalized spacial score (nSPS) is 16.6. The molecule has 3 N–H and O–H groups in total. The molecule has 2 aliphatic rings. The number of nitrogen functional groups attached to an aromatic ring is 1. The van der Waals surface area contributed by atoms with Gasteiger partial charge in [-0.3, -0.25) is 9.78 Å². The number of aryl methyl sites for hydroxylation is 2. The number of fused-ring (bicyclic) bond motifs is 1. The zero-order valence-electron chi connectivity index (χ0n) is 17.7. The number of nitrogens with one attached hydrogen (secondary N) is 1. The minimum absolute atomic E-state index is 0.100. The lowest BCUT2D eigenvalue weighted by atomic mass is 9.93. The Morgan fingerprint density at radius 2 is 2.03 bits per heavy atom. The standard InChI is InChI=1S/C24H27FN4O2/c1-15-13-29-21-17(22(15)30)19(26)18(25)20(23(21)31-14-24(29)8-2-3-9-24)28-10-4-5-16-6-11-27-12-7-16/h6-7,11-13,28H,2-5,8-10,14,26H2,1H3. The monoisotopic (exact) mass is 422 g/mol.